The van der Waals surface area contributed by atoms with Crippen LogP contribution in [0.4, 0.5) is 0 Å². The Bertz CT molecular complexity index is 214. The van der Waals surface area contributed by atoms with Crippen LogP contribution in [0.3, 0.4) is 0 Å². The Kier molecular flexibility index (Phi) is 7.76. The normalized spacial score (nSPS) is 16.2. The molecule has 0 radical (unpaired) electrons. The zero-order valence-electron chi connectivity index (χ0n) is 15.2. The number of hydrogen-bond acceptors (Lipinski definition) is 0. The van der Waals surface area contributed by atoms with Gasteiger partial charge < -0.3 is 0 Å². The molecule has 0 aromatic heterocycles. The van der Waals surface area contributed by atoms with Crippen LogP contribution < -0.4 is 0 Å². The monoisotopic (exact) mass is 316 g/mol. The average molecular weight is 318 g/mol. The van der Waals surface area contributed by atoms with Crippen molar-refractivity contribution in [2.45, 2.75) is 99.1 Å². The van der Waals surface area contributed by atoms with Crippen LogP contribution in [-0.4, -0.2) is 23.1 Å². The molecule has 2 heteroatoms. The maximum absolute atomic E-state index is 2.55. The summed E-state index contributed by atoms with van der Waals surface area (Å²) >= 11 is -2.55. The fourth-order valence-electron chi connectivity index (χ4n) is 8.34. The summed E-state index contributed by atoms with van der Waals surface area (Å²) in [5, 5.41) is 0. The van der Waals surface area contributed by atoms with Crippen LogP contribution in [0.2, 0.25) is 16.5 Å². The molecule has 0 saturated heterocycles. The van der Waals surface area contributed by atoms with Gasteiger partial charge in [-0.3, -0.25) is 0 Å². The summed E-state index contributed by atoms with van der Waals surface area (Å²) in [6.07, 6.45) is 1.35. The second-order valence-corrected chi connectivity index (χ2v) is 31.4. The first kappa shape index (κ1) is 21.7. The fourth-order valence-corrected chi connectivity index (χ4v) is 43.3. The van der Waals surface area contributed by atoms with Gasteiger partial charge in [-0.25, -0.2) is 0 Å². The van der Waals surface area contributed by atoms with E-state index in [4.69, 9.17) is 0 Å². The summed E-state index contributed by atoms with van der Waals surface area (Å²) in [6.45, 7) is 27.6. The van der Waals surface area contributed by atoms with Crippen LogP contribution in [0.1, 0.15) is 82.6 Å². The van der Waals surface area contributed by atoms with E-state index in [9.17, 15) is 0 Å². The van der Waals surface area contributed by atoms with Gasteiger partial charge in [0.15, 0.2) is 0 Å². The molecule has 0 nitrogen and oxygen atoms in total. The number of rotatable bonds is 2. The Labute approximate surface area is 136 Å². The largest absolute Gasteiger partial charge is 2.00 e. The van der Waals surface area contributed by atoms with Gasteiger partial charge in [0.2, 0.25) is 0 Å². The van der Waals surface area contributed by atoms with Crippen molar-refractivity contribution in [2.75, 3.05) is 0 Å². The topological polar surface area (TPSA) is 0 Å². The molecule has 0 amide bonds. The predicted molar refractivity (Wildman–Crippen MR) is 84.6 cm³/mol. The second kappa shape index (κ2) is 6.44. The van der Waals surface area contributed by atoms with Crippen LogP contribution in [0, 0.1) is 0 Å². The van der Waals surface area contributed by atoms with E-state index in [-0.39, 0.29) is 23.1 Å². The summed E-state index contributed by atoms with van der Waals surface area (Å²) < 4.78 is 2.51. The molecular weight excluding hydrogens is 282 g/mol. The van der Waals surface area contributed by atoms with E-state index >= 15 is 0 Å². The van der Waals surface area contributed by atoms with Gasteiger partial charge in [0.1, 0.15) is 0 Å². The first-order chi connectivity index (χ1) is 7.23. The van der Waals surface area contributed by atoms with Crippen molar-refractivity contribution >= 4 is 23.1 Å². The standard InChI is InChI=1S/4C4H9.Mg.Zn/c3*1-4(2)3;1-3-4-2;;/h3*1-3H3;3H,4H2,1-2H3;;/q;;;;+2;-2. The molecule has 0 aliphatic carbocycles. The molecule has 104 valence electrons. The minimum Gasteiger partial charge on any atom is 2.00 e. The first-order valence-electron chi connectivity index (χ1n) is 7.66. The average Bonchev–Trinajstić information content (AvgIpc) is 1.95. The van der Waals surface area contributed by atoms with E-state index in [1.807, 2.05) is 0 Å². The SMILES string of the molecule is CC[CH](C)[Zn-2]([C](C)(C)C)([C](C)(C)C)[C](C)(C)C.[Mg+2]. The molecule has 0 aliphatic rings. The third kappa shape index (κ3) is 3.53. The number of hydrogen-bond donors (Lipinski definition) is 0. The fraction of sp³-hybridized carbons (Fsp3) is 1.00. The van der Waals surface area contributed by atoms with Crippen molar-refractivity contribution in [1.82, 2.24) is 0 Å². The molecule has 0 bridgehead atoms. The Hall–Kier alpha value is 1.39. The molecule has 0 aromatic rings. The van der Waals surface area contributed by atoms with E-state index in [2.05, 4.69) is 76.2 Å². The van der Waals surface area contributed by atoms with Crippen LogP contribution in [0.15, 0.2) is 0 Å². The van der Waals surface area contributed by atoms with Gasteiger partial charge in [0, 0.05) is 0 Å². The van der Waals surface area contributed by atoms with Crippen molar-refractivity contribution in [3.8, 4) is 0 Å². The van der Waals surface area contributed by atoms with E-state index in [1.165, 1.54) is 6.42 Å². The molecule has 0 heterocycles. The maximum atomic E-state index is 2.54. The van der Waals surface area contributed by atoms with Crippen molar-refractivity contribution < 1.29 is 14.8 Å². The molecule has 0 aromatic carbocycles. The Morgan fingerprint density at radius 1 is 0.722 bits per heavy atom. The summed E-state index contributed by atoms with van der Waals surface area (Å²) in [6, 6.07) is 0. The van der Waals surface area contributed by atoms with E-state index in [0.717, 1.165) is 4.51 Å². The van der Waals surface area contributed by atoms with Crippen molar-refractivity contribution in [3.63, 3.8) is 0 Å². The van der Waals surface area contributed by atoms with Gasteiger partial charge in [-0.1, -0.05) is 0 Å². The van der Waals surface area contributed by atoms with Gasteiger partial charge in [-0.05, 0) is 0 Å². The van der Waals surface area contributed by atoms with Crippen molar-refractivity contribution in [3.05, 3.63) is 0 Å². The third-order valence-corrected chi connectivity index (χ3v) is 33.4. The summed E-state index contributed by atoms with van der Waals surface area (Å²) in [5.74, 6) is 0. The predicted octanol–water partition coefficient (Wildman–Crippen LogP) is 6.63. The van der Waals surface area contributed by atoms with Crippen molar-refractivity contribution in [1.29, 1.82) is 0 Å². The zero-order valence-corrected chi connectivity index (χ0v) is 19.6. The van der Waals surface area contributed by atoms with Crippen LogP contribution in [0.5, 0.6) is 0 Å². The molecule has 1 unspecified atom stereocenters. The Morgan fingerprint density at radius 2 is 0.944 bits per heavy atom. The quantitative estimate of drug-likeness (QED) is 0.501. The molecule has 0 fully saturated rings. The molecule has 0 spiro atoms. The first-order valence-corrected chi connectivity index (χ1v) is 13.8. The molecule has 1 atom stereocenters. The van der Waals surface area contributed by atoms with E-state index < -0.39 is 14.8 Å². The zero-order chi connectivity index (χ0) is 14.3. The Morgan fingerprint density at radius 3 is 1.00 bits per heavy atom. The van der Waals surface area contributed by atoms with Gasteiger partial charge in [0.25, 0.3) is 0 Å². The Balaban J connectivity index is 0. The summed E-state index contributed by atoms with van der Waals surface area (Å²) in [7, 11) is 0. The van der Waals surface area contributed by atoms with Gasteiger partial charge in [0.05, 0.1) is 0 Å². The third-order valence-electron chi connectivity index (χ3n) is 6.76. The van der Waals surface area contributed by atoms with Crippen LogP contribution in [0.25, 0.3) is 0 Å². The van der Waals surface area contributed by atoms with E-state index in [1.54, 1.807) is 0 Å². The molecular formula is C16H36MgZn. The summed E-state index contributed by atoms with van der Waals surface area (Å²) in [5.41, 5.74) is 0. The van der Waals surface area contributed by atoms with Crippen LogP contribution in [-0.2, 0) is 14.8 Å². The van der Waals surface area contributed by atoms with Gasteiger partial charge in [-0.2, -0.15) is 0 Å². The van der Waals surface area contributed by atoms with Gasteiger partial charge in [-0.15, -0.1) is 0 Å². The van der Waals surface area contributed by atoms with Gasteiger partial charge >= 0.3 is 137 Å². The van der Waals surface area contributed by atoms with Crippen molar-refractivity contribution in [2.24, 2.45) is 0 Å². The molecule has 0 N–H and O–H groups in total. The molecule has 0 rings (SSSR count). The van der Waals surface area contributed by atoms with E-state index in [0.29, 0.717) is 12.0 Å². The molecule has 18 heavy (non-hydrogen) atoms. The smallest absolute Gasteiger partial charge is 2.00 e. The maximum Gasteiger partial charge on any atom is 2.00 e. The van der Waals surface area contributed by atoms with Crippen LogP contribution >= 0.6 is 0 Å². The minimum atomic E-state index is -2.55. The summed E-state index contributed by atoms with van der Waals surface area (Å²) in [4.78, 5) is 0. The minimum absolute atomic E-state index is 0. The second-order valence-electron chi connectivity index (χ2n) is 10.3. The molecule has 0 saturated carbocycles. The molecule has 0 aliphatic heterocycles.